The molecule has 0 fully saturated rings. The van der Waals surface area contributed by atoms with Crippen molar-refractivity contribution in [3.63, 3.8) is 0 Å². The maximum Gasteiger partial charge on any atom is 0.0762 e. The van der Waals surface area contributed by atoms with Crippen molar-refractivity contribution in [2.75, 3.05) is 0 Å². The van der Waals surface area contributed by atoms with Crippen molar-refractivity contribution in [2.24, 2.45) is 5.84 Å². The zero-order valence-electron chi connectivity index (χ0n) is 10.5. The number of hydrogen-bond donors (Lipinski definition) is 2. The fourth-order valence-electron chi connectivity index (χ4n) is 2.41. The van der Waals surface area contributed by atoms with E-state index in [-0.39, 0.29) is 6.04 Å². The second-order valence-electron chi connectivity index (χ2n) is 4.64. The minimum Gasteiger partial charge on any atom is -0.271 e. The van der Waals surface area contributed by atoms with Gasteiger partial charge in [-0.1, -0.05) is 25.0 Å². The molecule has 1 aliphatic rings. The summed E-state index contributed by atoms with van der Waals surface area (Å²) in [5.41, 5.74) is 4.48. The fourth-order valence-corrected chi connectivity index (χ4v) is 3.47. The zero-order chi connectivity index (χ0) is 12.1. The number of thiophene rings is 1. The van der Waals surface area contributed by atoms with Gasteiger partial charge in [0.2, 0.25) is 0 Å². The molecule has 1 aromatic rings. The third kappa shape index (κ3) is 3.18. The number of aryl methyl sites for hydroxylation is 1. The minimum absolute atomic E-state index is 0.235. The summed E-state index contributed by atoms with van der Waals surface area (Å²) in [4.78, 5) is 2.80. The smallest absolute Gasteiger partial charge is 0.0762 e. The average molecular weight is 250 g/mol. The number of nitrogens with two attached hydrogens (primary N) is 1. The van der Waals surface area contributed by atoms with Gasteiger partial charge in [-0.15, -0.1) is 11.3 Å². The lowest BCUT2D eigenvalue weighted by atomic mass is 10.0. The molecule has 3 heteroatoms. The lowest BCUT2D eigenvalue weighted by Gasteiger charge is -2.17. The van der Waals surface area contributed by atoms with Crippen LogP contribution in [0.15, 0.2) is 23.8 Å². The fraction of sp³-hybridized carbons (Fsp3) is 0.571. The lowest BCUT2D eigenvalue weighted by molar-refractivity contribution is 0.600. The van der Waals surface area contributed by atoms with Crippen molar-refractivity contribution in [3.05, 3.63) is 33.5 Å². The predicted octanol–water partition coefficient (Wildman–Crippen LogP) is 3.71. The van der Waals surface area contributed by atoms with E-state index in [0.29, 0.717) is 0 Å². The summed E-state index contributed by atoms with van der Waals surface area (Å²) >= 11 is 1.88. The highest BCUT2D eigenvalue weighted by Crippen LogP contribution is 2.32. The molecule has 2 rings (SSSR count). The molecule has 3 N–H and O–H groups in total. The molecule has 0 amide bonds. The molecule has 1 aromatic heterocycles. The Hall–Kier alpha value is -0.640. The van der Waals surface area contributed by atoms with Crippen LogP contribution in [-0.2, 0) is 6.42 Å². The van der Waals surface area contributed by atoms with E-state index in [4.69, 9.17) is 5.84 Å². The van der Waals surface area contributed by atoms with Gasteiger partial charge in [-0.25, -0.2) is 5.43 Å². The Morgan fingerprint density at radius 1 is 1.35 bits per heavy atom. The number of nitrogens with one attached hydrogen (secondary N) is 1. The van der Waals surface area contributed by atoms with E-state index < -0.39 is 0 Å². The van der Waals surface area contributed by atoms with Gasteiger partial charge in [-0.05, 0) is 44.2 Å². The van der Waals surface area contributed by atoms with Gasteiger partial charge in [0.25, 0.3) is 0 Å². The largest absolute Gasteiger partial charge is 0.271 e. The molecule has 0 saturated carbocycles. The summed E-state index contributed by atoms with van der Waals surface area (Å²) in [6.07, 6.45) is 9.88. The summed E-state index contributed by atoms with van der Waals surface area (Å²) < 4.78 is 0. The highest BCUT2D eigenvalue weighted by molar-refractivity contribution is 7.12. The first-order valence-corrected chi connectivity index (χ1v) is 7.40. The van der Waals surface area contributed by atoms with Gasteiger partial charge in [0.05, 0.1) is 6.04 Å². The highest BCUT2D eigenvalue weighted by Gasteiger charge is 2.17. The molecule has 1 atom stereocenters. The van der Waals surface area contributed by atoms with Crippen LogP contribution in [0.2, 0.25) is 0 Å². The monoisotopic (exact) mass is 250 g/mol. The Morgan fingerprint density at radius 3 is 2.94 bits per heavy atom. The Balaban J connectivity index is 2.16. The number of hydrazine groups is 1. The predicted molar refractivity (Wildman–Crippen MR) is 74.9 cm³/mol. The summed E-state index contributed by atoms with van der Waals surface area (Å²) in [6, 6.07) is 4.68. The normalized spacial score (nSPS) is 18.6. The van der Waals surface area contributed by atoms with Crippen molar-refractivity contribution in [3.8, 4) is 0 Å². The van der Waals surface area contributed by atoms with Gasteiger partial charge in [0, 0.05) is 9.75 Å². The van der Waals surface area contributed by atoms with Crippen LogP contribution >= 0.6 is 11.3 Å². The van der Waals surface area contributed by atoms with Crippen LogP contribution in [-0.4, -0.2) is 0 Å². The average Bonchev–Trinajstić information content (AvgIpc) is 2.66. The molecular formula is C14H22N2S. The van der Waals surface area contributed by atoms with E-state index in [1.165, 1.54) is 47.4 Å². The highest BCUT2D eigenvalue weighted by atomic mass is 32.1. The molecular weight excluding hydrogens is 228 g/mol. The number of allylic oxidation sites excluding steroid dienone is 1. The number of hydrogen-bond acceptors (Lipinski definition) is 3. The summed E-state index contributed by atoms with van der Waals surface area (Å²) in [5.74, 6) is 5.75. The van der Waals surface area contributed by atoms with Crippen LogP contribution in [0.25, 0.3) is 0 Å². The van der Waals surface area contributed by atoms with Gasteiger partial charge in [-0.3, -0.25) is 5.84 Å². The molecule has 2 nitrogen and oxygen atoms in total. The lowest BCUT2D eigenvalue weighted by Crippen LogP contribution is -2.28. The van der Waals surface area contributed by atoms with Crippen molar-refractivity contribution >= 4 is 11.3 Å². The molecule has 17 heavy (non-hydrogen) atoms. The standard InChI is InChI=1S/C14H22N2S/c1-2-12-9-10-13(17-12)14(16-15)11-7-5-3-4-6-8-11/h7,9-10,14,16H,2-6,8,15H2,1H3. The van der Waals surface area contributed by atoms with E-state index in [1.54, 1.807) is 0 Å². The molecule has 0 aliphatic heterocycles. The summed E-state index contributed by atoms with van der Waals surface area (Å²) in [5, 5.41) is 0. The van der Waals surface area contributed by atoms with Crippen LogP contribution in [0.5, 0.6) is 0 Å². The SMILES string of the molecule is CCc1ccc(C(NN)C2=CCCCCC2)s1. The van der Waals surface area contributed by atoms with Gasteiger partial charge < -0.3 is 0 Å². The van der Waals surface area contributed by atoms with Gasteiger partial charge >= 0.3 is 0 Å². The first-order valence-electron chi connectivity index (χ1n) is 6.58. The van der Waals surface area contributed by atoms with E-state index in [0.717, 1.165) is 6.42 Å². The quantitative estimate of drug-likeness (QED) is 0.486. The first-order chi connectivity index (χ1) is 8.35. The molecule has 1 aliphatic carbocycles. The van der Waals surface area contributed by atoms with Crippen LogP contribution in [0, 0.1) is 0 Å². The molecule has 0 spiro atoms. The molecule has 0 aromatic carbocycles. The van der Waals surface area contributed by atoms with Crippen molar-refractivity contribution in [1.82, 2.24) is 5.43 Å². The van der Waals surface area contributed by atoms with Crippen LogP contribution in [0.4, 0.5) is 0 Å². The molecule has 0 radical (unpaired) electrons. The Bertz CT molecular complexity index is 381. The molecule has 0 bridgehead atoms. The van der Waals surface area contributed by atoms with E-state index >= 15 is 0 Å². The Kier molecular flexibility index (Phi) is 4.77. The third-order valence-electron chi connectivity index (χ3n) is 3.43. The van der Waals surface area contributed by atoms with Crippen molar-refractivity contribution < 1.29 is 0 Å². The van der Waals surface area contributed by atoms with Crippen LogP contribution in [0.1, 0.15) is 54.8 Å². The van der Waals surface area contributed by atoms with Crippen LogP contribution < -0.4 is 11.3 Å². The van der Waals surface area contributed by atoms with Crippen LogP contribution in [0.3, 0.4) is 0 Å². The van der Waals surface area contributed by atoms with E-state index in [1.807, 2.05) is 11.3 Å². The van der Waals surface area contributed by atoms with Crippen molar-refractivity contribution in [2.45, 2.75) is 51.5 Å². The topological polar surface area (TPSA) is 38.0 Å². The molecule has 1 unspecified atom stereocenters. The molecule has 0 saturated heterocycles. The second kappa shape index (κ2) is 6.34. The van der Waals surface area contributed by atoms with Crippen molar-refractivity contribution in [1.29, 1.82) is 0 Å². The number of rotatable bonds is 4. The van der Waals surface area contributed by atoms with Gasteiger partial charge in [0.15, 0.2) is 0 Å². The first kappa shape index (κ1) is 12.8. The van der Waals surface area contributed by atoms with Gasteiger partial charge in [-0.2, -0.15) is 0 Å². The Labute approximate surface area is 108 Å². The summed E-state index contributed by atoms with van der Waals surface area (Å²) in [7, 11) is 0. The van der Waals surface area contributed by atoms with Gasteiger partial charge in [0.1, 0.15) is 0 Å². The second-order valence-corrected chi connectivity index (χ2v) is 5.84. The minimum atomic E-state index is 0.235. The molecule has 1 heterocycles. The third-order valence-corrected chi connectivity index (χ3v) is 4.72. The van der Waals surface area contributed by atoms with E-state index in [2.05, 4.69) is 30.6 Å². The maximum absolute atomic E-state index is 5.75. The van der Waals surface area contributed by atoms with E-state index in [9.17, 15) is 0 Å². The zero-order valence-corrected chi connectivity index (χ0v) is 11.4. The summed E-state index contributed by atoms with van der Waals surface area (Å²) in [6.45, 7) is 2.20. The maximum atomic E-state index is 5.75. The Morgan fingerprint density at radius 2 is 2.24 bits per heavy atom. The molecule has 94 valence electrons.